The van der Waals surface area contributed by atoms with Gasteiger partial charge in [-0.1, -0.05) is 6.07 Å². The summed E-state index contributed by atoms with van der Waals surface area (Å²) < 4.78 is 64.6. The lowest BCUT2D eigenvalue weighted by Gasteiger charge is -2.16. The zero-order valence-electron chi connectivity index (χ0n) is 14.4. The second-order valence-electron chi connectivity index (χ2n) is 7.02. The fourth-order valence-electron chi connectivity index (χ4n) is 3.11. The van der Waals surface area contributed by atoms with Crippen molar-refractivity contribution >= 4 is 15.7 Å². The summed E-state index contributed by atoms with van der Waals surface area (Å²) in [6.45, 7) is 1.39. The predicted molar refractivity (Wildman–Crippen MR) is 89.3 cm³/mol. The summed E-state index contributed by atoms with van der Waals surface area (Å²) in [5.74, 6) is -0.465. The zero-order chi connectivity index (χ0) is 20.0. The lowest BCUT2D eigenvalue weighted by atomic mass is 10.1. The van der Waals surface area contributed by atoms with Crippen molar-refractivity contribution in [1.29, 1.82) is 5.26 Å². The fourth-order valence-corrected chi connectivity index (χ4v) is 5.04. The van der Waals surface area contributed by atoms with E-state index in [4.69, 9.17) is 5.26 Å². The van der Waals surface area contributed by atoms with Crippen LogP contribution in [0.15, 0.2) is 23.1 Å². The molecule has 3 rings (SSSR count). The lowest BCUT2D eigenvalue weighted by molar-refractivity contribution is -0.137. The average Bonchev–Trinajstić information content (AvgIpc) is 3.17. The van der Waals surface area contributed by atoms with Gasteiger partial charge in [-0.05, 0) is 43.9 Å². The van der Waals surface area contributed by atoms with Gasteiger partial charge < -0.3 is 10.6 Å². The first-order valence-corrected chi connectivity index (χ1v) is 9.91. The first-order valence-electron chi connectivity index (χ1n) is 8.37. The molecule has 1 aromatic carbocycles. The number of amides is 1. The molecule has 0 bridgehead atoms. The third-order valence-electron chi connectivity index (χ3n) is 4.99. The highest BCUT2D eigenvalue weighted by atomic mass is 32.2. The van der Waals surface area contributed by atoms with Crippen LogP contribution in [0.3, 0.4) is 0 Å². The first kappa shape index (κ1) is 19.6. The number of nitrogens with zero attached hydrogens (tertiary/aromatic N) is 1. The van der Waals surface area contributed by atoms with Crippen molar-refractivity contribution < 1.29 is 26.4 Å². The number of carbonyl (C=O) groups excluding carboxylic acids is 1. The summed E-state index contributed by atoms with van der Waals surface area (Å²) in [7, 11) is -4.06. The number of alkyl halides is 3. The second-order valence-corrected chi connectivity index (χ2v) is 9.22. The Morgan fingerprint density at radius 1 is 1.37 bits per heavy atom. The number of carbonyl (C=O) groups is 1. The number of rotatable bonds is 4. The molecule has 10 heteroatoms. The number of nitrogens with one attached hydrogen (secondary N) is 2. The van der Waals surface area contributed by atoms with Gasteiger partial charge in [-0.15, -0.1) is 0 Å². The Balaban J connectivity index is 1.79. The first-order chi connectivity index (χ1) is 12.5. The number of sulfone groups is 1. The Kier molecular flexibility index (Phi) is 4.72. The molecule has 6 nitrogen and oxygen atoms in total. The molecule has 27 heavy (non-hydrogen) atoms. The van der Waals surface area contributed by atoms with Crippen LogP contribution >= 0.6 is 0 Å². The largest absolute Gasteiger partial charge is 0.416 e. The molecule has 1 aliphatic carbocycles. The minimum atomic E-state index is -4.65. The topological polar surface area (TPSA) is 99.1 Å². The van der Waals surface area contributed by atoms with Gasteiger partial charge in [0.25, 0.3) is 0 Å². The smallest absolute Gasteiger partial charge is 0.336 e. The quantitative estimate of drug-likeness (QED) is 0.800. The summed E-state index contributed by atoms with van der Waals surface area (Å²) in [4.78, 5) is 11.9. The van der Waals surface area contributed by atoms with Crippen LogP contribution in [0.1, 0.15) is 30.4 Å². The molecule has 0 aromatic heterocycles. The third kappa shape index (κ3) is 3.80. The van der Waals surface area contributed by atoms with Crippen LogP contribution in [-0.2, 0) is 20.8 Å². The van der Waals surface area contributed by atoms with Gasteiger partial charge in [0.05, 0.1) is 27.8 Å². The van der Waals surface area contributed by atoms with Crippen molar-refractivity contribution in [1.82, 2.24) is 10.6 Å². The second kappa shape index (κ2) is 6.49. The van der Waals surface area contributed by atoms with Gasteiger partial charge in [0.2, 0.25) is 5.91 Å². The molecule has 1 aliphatic heterocycles. The van der Waals surface area contributed by atoms with Gasteiger partial charge in [0, 0.05) is 6.54 Å². The lowest BCUT2D eigenvalue weighted by Crippen LogP contribution is -2.45. The zero-order valence-corrected chi connectivity index (χ0v) is 15.2. The number of halogens is 3. The molecule has 1 aromatic rings. The van der Waals surface area contributed by atoms with E-state index in [0.717, 1.165) is 12.1 Å². The van der Waals surface area contributed by atoms with Crippen molar-refractivity contribution in [2.45, 2.75) is 54.1 Å². The molecule has 2 N–H and O–H groups in total. The van der Waals surface area contributed by atoms with Crippen LogP contribution in [0.5, 0.6) is 0 Å². The van der Waals surface area contributed by atoms with Crippen molar-refractivity contribution in [3.63, 3.8) is 0 Å². The van der Waals surface area contributed by atoms with E-state index in [1.165, 1.54) is 6.92 Å². The van der Waals surface area contributed by atoms with Gasteiger partial charge in [-0.25, -0.2) is 8.42 Å². The Morgan fingerprint density at radius 2 is 2.04 bits per heavy atom. The molecule has 0 spiro atoms. The molecule has 2 atom stereocenters. The highest BCUT2D eigenvalue weighted by Crippen LogP contribution is 2.36. The molecule has 1 heterocycles. The maximum absolute atomic E-state index is 12.9. The van der Waals surface area contributed by atoms with Gasteiger partial charge in [0.15, 0.2) is 9.84 Å². The number of benzene rings is 1. The normalized spacial score (nSPS) is 24.3. The van der Waals surface area contributed by atoms with Crippen LogP contribution < -0.4 is 10.6 Å². The molecule has 1 saturated carbocycles. The minimum absolute atomic E-state index is 0.0460. The molecular formula is C17H18F3N3O3S. The predicted octanol–water partition coefficient (Wildman–Crippen LogP) is 1.69. The Morgan fingerprint density at radius 3 is 2.59 bits per heavy atom. The summed E-state index contributed by atoms with van der Waals surface area (Å²) in [5, 5.41) is 13.4. The standard InChI is InChI=1S/C17H18F3N3O3S/c1-10-2-3-11(17(18,19)20)6-14(10)27(25,26)12-7-13(22-8-12)15(24)23-16(9-21)4-5-16/h2-3,6,12-13,22H,4-5,7-8H2,1H3,(H,23,24)/t12-,13+/m1/s1. The van der Waals surface area contributed by atoms with E-state index in [9.17, 15) is 26.4 Å². The maximum Gasteiger partial charge on any atom is 0.416 e. The van der Waals surface area contributed by atoms with E-state index in [1.54, 1.807) is 0 Å². The highest BCUT2D eigenvalue weighted by molar-refractivity contribution is 7.92. The van der Waals surface area contributed by atoms with Gasteiger partial charge in [-0.3, -0.25) is 4.79 Å². The Bertz CT molecular complexity index is 918. The van der Waals surface area contributed by atoms with Crippen LogP contribution in [-0.4, -0.2) is 37.7 Å². The molecule has 146 valence electrons. The summed E-state index contributed by atoms with van der Waals surface area (Å²) in [5.41, 5.74) is -1.68. The number of aryl methyl sites for hydroxylation is 1. The fraction of sp³-hybridized carbons (Fsp3) is 0.529. The number of hydrogen-bond acceptors (Lipinski definition) is 5. The molecule has 0 unspecified atom stereocenters. The SMILES string of the molecule is Cc1ccc(C(F)(F)F)cc1S(=O)(=O)[C@H]1CN[C@H](C(=O)NC2(C#N)CC2)C1. The maximum atomic E-state index is 12.9. The van der Waals surface area contributed by atoms with E-state index in [0.29, 0.717) is 18.9 Å². The van der Waals surface area contributed by atoms with Crippen LogP contribution in [0.4, 0.5) is 13.2 Å². The van der Waals surface area contributed by atoms with Crippen molar-refractivity contribution in [3.8, 4) is 6.07 Å². The van der Waals surface area contributed by atoms with E-state index in [-0.39, 0.29) is 23.4 Å². The molecule has 2 fully saturated rings. The molecule has 1 saturated heterocycles. The van der Waals surface area contributed by atoms with Crippen LogP contribution in [0, 0.1) is 18.3 Å². The Hall–Kier alpha value is -2.12. The molecule has 0 radical (unpaired) electrons. The van der Waals surface area contributed by atoms with Gasteiger partial charge in [0.1, 0.15) is 5.54 Å². The average molecular weight is 401 g/mol. The van der Waals surface area contributed by atoms with Gasteiger partial charge in [-0.2, -0.15) is 18.4 Å². The number of nitriles is 1. The molecule has 1 amide bonds. The Labute approximate surface area is 154 Å². The number of hydrogen-bond donors (Lipinski definition) is 2. The third-order valence-corrected chi connectivity index (χ3v) is 7.28. The van der Waals surface area contributed by atoms with Gasteiger partial charge >= 0.3 is 6.18 Å². The van der Waals surface area contributed by atoms with E-state index >= 15 is 0 Å². The van der Waals surface area contributed by atoms with Crippen LogP contribution in [0.25, 0.3) is 0 Å². The van der Waals surface area contributed by atoms with Crippen LogP contribution in [0.2, 0.25) is 0 Å². The minimum Gasteiger partial charge on any atom is -0.336 e. The van der Waals surface area contributed by atoms with E-state index in [1.807, 2.05) is 6.07 Å². The molecule has 2 aliphatic rings. The van der Waals surface area contributed by atoms with Crippen molar-refractivity contribution in [2.24, 2.45) is 0 Å². The van der Waals surface area contributed by atoms with E-state index < -0.39 is 44.3 Å². The highest BCUT2D eigenvalue weighted by Gasteiger charge is 2.47. The van der Waals surface area contributed by atoms with Crippen molar-refractivity contribution in [3.05, 3.63) is 29.3 Å². The monoisotopic (exact) mass is 401 g/mol. The summed E-state index contributed by atoms with van der Waals surface area (Å²) in [6, 6.07) is 3.83. The summed E-state index contributed by atoms with van der Waals surface area (Å²) >= 11 is 0. The van der Waals surface area contributed by atoms with E-state index in [2.05, 4.69) is 10.6 Å². The molecular weight excluding hydrogens is 383 g/mol. The van der Waals surface area contributed by atoms with Crippen molar-refractivity contribution in [2.75, 3.05) is 6.54 Å². The summed E-state index contributed by atoms with van der Waals surface area (Å²) in [6.07, 6.45) is -3.62.